The molecule has 0 unspecified atom stereocenters. The molecule has 0 spiro atoms. The molecule has 1 N–H and O–H groups in total. The molecule has 21 heavy (non-hydrogen) atoms. The van der Waals surface area contributed by atoms with Gasteiger partial charge in [-0.05, 0) is 25.6 Å². The highest BCUT2D eigenvalue weighted by Crippen LogP contribution is 2.15. The van der Waals surface area contributed by atoms with Gasteiger partial charge >= 0.3 is 0 Å². The first-order valence-electron chi connectivity index (χ1n) is 7.03. The van der Waals surface area contributed by atoms with Gasteiger partial charge in [0.05, 0.1) is 0 Å². The number of carbonyl (C=O) groups is 1. The van der Waals surface area contributed by atoms with E-state index in [2.05, 4.69) is 34.5 Å². The highest BCUT2D eigenvalue weighted by molar-refractivity contribution is 5.85. The van der Waals surface area contributed by atoms with Gasteiger partial charge in [-0.15, -0.1) is 24.8 Å². The minimum atomic E-state index is 0. The Morgan fingerprint density at radius 1 is 1.10 bits per heavy atom. The molecule has 6 heteroatoms. The van der Waals surface area contributed by atoms with Crippen molar-refractivity contribution in [3.8, 4) is 0 Å². The van der Waals surface area contributed by atoms with Crippen LogP contribution in [-0.4, -0.2) is 50.6 Å². The minimum absolute atomic E-state index is 0. The number of benzene rings is 1. The summed E-state index contributed by atoms with van der Waals surface area (Å²) in [6, 6.07) is 10.4. The average Bonchev–Trinajstić information content (AvgIpc) is 2.71. The molecule has 1 aliphatic rings. The second-order valence-corrected chi connectivity index (χ2v) is 4.91. The Balaban J connectivity index is 0.00000200. The van der Waals surface area contributed by atoms with E-state index in [0.29, 0.717) is 6.42 Å². The van der Waals surface area contributed by atoms with Gasteiger partial charge in [0.25, 0.3) is 0 Å². The predicted molar refractivity (Wildman–Crippen MR) is 92.9 cm³/mol. The van der Waals surface area contributed by atoms with Gasteiger partial charge in [0.15, 0.2) is 0 Å². The standard InChI is InChI=1S/C15H23N3O.2ClH/c1-16-9-8-15(19)18-11-5-10-17(12-13-18)14-6-3-2-4-7-14;;/h2-4,6-7,16H,5,8-13H2,1H3;2*1H. The Bertz CT molecular complexity index is 403. The van der Waals surface area contributed by atoms with Crippen LogP contribution >= 0.6 is 24.8 Å². The number of anilines is 1. The molecule has 1 aliphatic heterocycles. The molecule has 1 amide bonds. The fourth-order valence-corrected chi connectivity index (χ4v) is 2.45. The summed E-state index contributed by atoms with van der Waals surface area (Å²) in [5.41, 5.74) is 1.26. The Labute approximate surface area is 139 Å². The van der Waals surface area contributed by atoms with Crippen molar-refractivity contribution in [2.45, 2.75) is 12.8 Å². The molecule has 0 radical (unpaired) electrons. The van der Waals surface area contributed by atoms with Gasteiger partial charge in [0.2, 0.25) is 5.91 Å². The lowest BCUT2D eigenvalue weighted by molar-refractivity contribution is -0.130. The van der Waals surface area contributed by atoms with Crippen molar-refractivity contribution in [2.75, 3.05) is 44.7 Å². The van der Waals surface area contributed by atoms with Crippen LogP contribution in [0, 0.1) is 0 Å². The SMILES string of the molecule is CNCCC(=O)N1CCCN(c2ccccc2)CC1.Cl.Cl. The molecule has 2 rings (SSSR count). The van der Waals surface area contributed by atoms with Gasteiger partial charge < -0.3 is 15.1 Å². The van der Waals surface area contributed by atoms with E-state index in [-0.39, 0.29) is 30.7 Å². The summed E-state index contributed by atoms with van der Waals surface area (Å²) in [7, 11) is 1.88. The average molecular weight is 334 g/mol. The Morgan fingerprint density at radius 3 is 2.48 bits per heavy atom. The zero-order valence-electron chi connectivity index (χ0n) is 12.5. The lowest BCUT2D eigenvalue weighted by atomic mass is 10.3. The van der Waals surface area contributed by atoms with E-state index in [4.69, 9.17) is 0 Å². The molecule has 0 aromatic heterocycles. The van der Waals surface area contributed by atoms with Crippen molar-refractivity contribution in [3.63, 3.8) is 0 Å². The van der Waals surface area contributed by atoms with Crippen molar-refractivity contribution in [1.29, 1.82) is 0 Å². The van der Waals surface area contributed by atoms with Crippen molar-refractivity contribution in [2.24, 2.45) is 0 Å². The quantitative estimate of drug-likeness (QED) is 0.917. The molecule has 0 bridgehead atoms. The first-order chi connectivity index (χ1) is 9.31. The molecule has 4 nitrogen and oxygen atoms in total. The summed E-state index contributed by atoms with van der Waals surface area (Å²) in [6.45, 7) is 4.43. The van der Waals surface area contributed by atoms with Crippen LogP contribution in [0.5, 0.6) is 0 Å². The van der Waals surface area contributed by atoms with Crippen LogP contribution in [0.25, 0.3) is 0 Å². The number of halogens is 2. The number of para-hydroxylation sites is 1. The Morgan fingerprint density at radius 2 is 1.81 bits per heavy atom. The van der Waals surface area contributed by atoms with Gasteiger partial charge in [0, 0.05) is 44.8 Å². The summed E-state index contributed by atoms with van der Waals surface area (Å²) < 4.78 is 0. The van der Waals surface area contributed by atoms with E-state index < -0.39 is 0 Å². The van der Waals surface area contributed by atoms with Crippen molar-refractivity contribution in [3.05, 3.63) is 30.3 Å². The van der Waals surface area contributed by atoms with Gasteiger partial charge in [-0.3, -0.25) is 4.79 Å². The van der Waals surface area contributed by atoms with E-state index in [9.17, 15) is 4.79 Å². The van der Waals surface area contributed by atoms with Crippen LogP contribution in [0.15, 0.2) is 30.3 Å². The second-order valence-electron chi connectivity index (χ2n) is 4.91. The maximum absolute atomic E-state index is 12.0. The summed E-state index contributed by atoms with van der Waals surface area (Å²) in [5, 5.41) is 3.03. The van der Waals surface area contributed by atoms with Crippen LogP contribution in [-0.2, 0) is 4.79 Å². The molecule has 120 valence electrons. The number of carbonyl (C=O) groups excluding carboxylic acids is 1. The van der Waals surface area contributed by atoms with E-state index in [0.717, 1.165) is 39.1 Å². The van der Waals surface area contributed by atoms with E-state index in [1.165, 1.54) is 5.69 Å². The summed E-state index contributed by atoms with van der Waals surface area (Å²) in [6.07, 6.45) is 1.64. The van der Waals surface area contributed by atoms with E-state index in [1.807, 2.05) is 18.0 Å². The number of nitrogens with zero attached hydrogens (tertiary/aromatic N) is 2. The van der Waals surface area contributed by atoms with Gasteiger partial charge in [0.1, 0.15) is 0 Å². The Kier molecular flexibility index (Phi) is 10.2. The third-order valence-electron chi connectivity index (χ3n) is 3.56. The minimum Gasteiger partial charge on any atom is -0.370 e. The highest BCUT2D eigenvalue weighted by Gasteiger charge is 2.18. The molecule has 0 saturated carbocycles. The maximum atomic E-state index is 12.0. The number of hydrogen-bond acceptors (Lipinski definition) is 3. The number of nitrogens with one attached hydrogen (secondary N) is 1. The molecule has 1 fully saturated rings. The van der Waals surface area contributed by atoms with Crippen molar-refractivity contribution >= 4 is 36.4 Å². The first kappa shape index (κ1) is 20.0. The third kappa shape index (κ3) is 6.12. The predicted octanol–water partition coefficient (Wildman–Crippen LogP) is 2.18. The zero-order valence-corrected chi connectivity index (χ0v) is 14.1. The van der Waals surface area contributed by atoms with Crippen LogP contribution in [0.4, 0.5) is 5.69 Å². The maximum Gasteiger partial charge on any atom is 0.223 e. The van der Waals surface area contributed by atoms with Crippen LogP contribution < -0.4 is 10.2 Å². The second kappa shape index (κ2) is 10.7. The van der Waals surface area contributed by atoms with Gasteiger partial charge in [-0.2, -0.15) is 0 Å². The van der Waals surface area contributed by atoms with Gasteiger partial charge in [-0.25, -0.2) is 0 Å². The summed E-state index contributed by atoms with van der Waals surface area (Å²) >= 11 is 0. The van der Waals surface area contributed by atoms with E-state index in [1.54, 1.807) is 0 Å². The molecule has 1 heterocycles. The summed E-state index contributed by atoms with van der Waals surface area (Å²) in [4.78, 5) is 16.4. The first-order valence-corrected chi connectivity index (χ1v) is 7.03. The zero-order chi connectivity index (χ0) is 13.5. The molecular formula is C15H25Cl2N3O. The fraction of sp³-hybridized carbons (Fsp3) is 0.533. The number of rotatable bonds is 4. The normalized spacial score (nSPS) is 14.7. The molecular weight excluding hydrogens is 309 g/mol. The summed E-state index contributed by atoms with van der Waals surface area (Å²) in [5.74, 6) is 0.268. The van der Waals surface area contributed by atoms with Gasteiger partial charge in [-0.1, -0.05) is 18.2 Å². The van der Waals surface area contributed by atoms with Crippen molar-refractivity contribution < 1.29 is 4.79 Å². The monoisotopic (exact) mass is 333 g/mol. The fourth-order valence-electron chi connectivity index (χ4n) is 2.45. The van der Waals surface area contributed by atoms with Crippen LogP contribution in [0.1, 0.15) is 12.8 Å². The van der Waals surface area contributed by atoms with Crippen molar-refractivity contribution in [1.82, 2.24) is 10.2 Å². The number of hydrogen-bond donors (Lipinski definition) is 1. The molecule has 1 saturated heterocycles. The molecule has 1 aromatic carbocycles. The molecule has 0 aliphatic carbocycles. The largest absolute Gasteiger partial charge is 0.370 e. The Hall–Kier alpha value is -0.970. The number of amides is 1. The third-order valence-corrected chi connectivity index (χ3v) is 3.56. The van der Waals surface area contributed by atoms with Crippen LogP contribution in [0.2, 0.25) is 0 Å². The lowest BCUT2D eigenvalue weighted by Crippen LogP contribution is -2.36. The van der Waals surface area contributed by atoms with E-state index >= 15 is 0 Å². The molecule has 0 atom stereocenters. The smallest absolute Gasteiger partial charge is 0.223 e. The van der Waals surface area contributed by atoms with Crippen LogP contribution in [0.3, 0.4) is 0 Å². The highest BCUT2D eigenvalue weighted by atomic mass is 35.5. The lowest BCUT2D eigenvalue weighted by Gasteiger charge is -2.23. The molecule has 1 aromatic rings. The topological polar surface area (TPSA) is 35.6 Å².